The molecule has 2 aromatic rings. The number of hydrogen-bond donors (Lipinski definition) is 1. The van der Waals surface area contributed by atoms with E-state index in [9.17, 15) is 9.59 Å². The van der Waals surface area contributed by atoms with E-state index in [4.69, 9.17) is 23.2 Å². The van der Waals surface area contributed by atoms with Crippen LogP contribution in [-0.4, -0.2) is 24.2 Å². The first kappa shape index (κ1) is 19.6. The monoisotopic (exact) mass is 397 g/mol. The van der Waals surface area contributed by atoms with E-state index in [-0.39, 0.29) is 11.2 Å². The second-order valence-corrected chi connectivity index (χ2v) is 7.26. The molecule has 0 aromatic heterocycles. The number of thioether (sulfide) groups is 1. The van der Waals surface area contributed by atoms with E-state index in [1.54, 1.807) is 24.3 Å². The number of amides is 1. The predicted octanol–water partition coefficient (Wildman–Crippen LogP) is 5.29. The summed E-state index contributed by atoms with van der Waals surface area (Å²) in [6.45, 7) is 1.93. The number of methoxy groups -OCH3 is 1. The Morgan fingerprint density at radius 2 is 1.84 bits per heavy atom. The maximum atomic E-state index is 12.6. The van der Waals surface area contributed by atoms with Gasteiger partial charge in [-0.25, -0.2) is 4.79 Å². The van der Waals surface area contributed by atoms with Crippen molar-refractivity contribution in [2.24, 2.45) is 0 Å². The summed E-state index contributed by atoms with van der Waals surface area (Å²) in [5.41, 5.74) is 0.699. The minimum absolute atomic E-state index is 0.189. The number of ether oxygens (including phenoxy) is 1. The van der Waals surface area contributed by atoms with Crippen molar-refractivity contribution in [3.8, 4) is 0 Å². The lowest BCUT2D eigenvalue weighted by Gasteiger charge is -2.16. The van der Waals surface area contributed by atoms with Gasteiger partial charge in [0.1, 0.15) is 0 Å². The number of nitrogens with one attached hydrogen (secondary N) is 1. The highest BCUT2D eigenvalue weighted by molar-refractivity contribution is 8.00. The summed E-state index contributed by atoms with van der Waals surface area (Å²) in [4.78, 5) is 25.2. The molecule has 0 aliphatic rings. The third kappa shape index (κ3) is 5.39. The molecule has 0 bridgehead atoms. The van der Waals surface area contributed by atoms with E-state index in [0.717, 1.165) is 4.90 Å². The van der Waals surface area contributed by atoms with Crippen LogP contribution in [0.1, 0.15) is 23.7 Å². The summed E-state index contributed by atoms with van der Waals surface area (Å²) in [5, 5.41) is 3.48. The van der Waals surface area contributed by atoms with Crippen molar-refractivity contribution in [2.45, 2.75) is 23.5 Å². The van der Waals surface area contributed by atoms with Crippen LogP contribution >= 0.6 is 35.0 Å². The number of esters is 1. The van der Waals surface area contributed by atoms with Gasteiger partial charge in [-0.15, -0.1) is 11.8 Å². The summed E-state index contributed by atoms with van der Waals surface area (Å²) in [6.07, 6.45) is 0.632. The lowest BCUT2D eigenvalue weighted by Crippen LogP contribution is -2.24. The van der Waals surface area contributed by atoms with Crippen LogP contribution in [-0.2, 0) is 9.53 Å². The van der Waals surface area contributed by atoms with Gasteiger partial charge in [-0.1, -0.05) is 30.1 Å². The fraction of sp³-hybridized carbons (Fsp3) is 0.222. The maximum Gasteiger partial charge on any atom is 0.337 e. The summed E-state index contributed by atoms with van der Waals surface area (Å²) >= 11 is 13.4. The summed E-state index contributed by atoms with van der Waals surface area (Å²) in [5.74, 6) is -0.680. The van der Waals surface area contributed by atoms with Gasteiger partial charge >= 0.3 is 5.97 Å². The summed E-state index contributed by atoms with van der Waals surface area (Å²) in [6, 6.07) is 11.9. The molecule has 4 nitrogen and oxygen atoms in total. The van der Waals surface area contributed by atoms with Gasteiger partial charge < -0.3 is 10.1 Å². The van der Waals surface area contributed by atoms with Crippen LogP contribution in [0.15, 0.2) is 47.4 Å². The maximum absolute atomic E-state index is 12.6. The third-order valence-electron chi connectivity index (χ3n) is 3.40. The summed E-state index contributed by atoms with van der Waals surface area (Å²) < 4.78 is 4.68. The first-order valence-electron chi connectivity index (χ1n) is 7.55. The van der Waals surface area contributed by atoms with Crippen LogP contribution in [0.5, 0.6) is 0 Å². The highest BCUT2D eigenvalue weighted by atomic mass is 35.5. The standard InChI is InChI=1S/C18H17Cl2NO3S/c1-3-16(25-13-7-5-12(19)6-8-13)17(22)21-15-10-11(18(23)24-2)4-9-14(15)20/h4-10,16H,3H2,1-2H3,(H,21,22)/t16-/m1/s1. The van der Waals surface area contributed by atoms with Gasteiger partial charge in [0.15, 0.2) is 0 Å². The zero-order chi connectivity index (χ0) is 18.4. The first-order valence-corrected chi connectivity index (χ1v) is 9.19. The van der Waals surface area contributed by atoms with Crippen molar-refractivity contribution in [3.63, 3.8) is 0 Å². The highest BCUT2D eigenvalue weighted by Gasteiger charge is 2.20. The smallest absolute Gasteiger partial charge is 0.337 e. The third-order valence-corrected chi connectivity index (χ3v) is 5.36. The van der Waals surface area contributed by atoms with Crippen LogP contribution in [0, 0.1) is 0 Å². The lowest BCUT2D eigenvalue weighted by molar-refractivity contribution is -0.115. The van der Waals surface area contributed by atoms with Crippen molar-refractivity contribution in [1.29, 1.82) is 0 Å². The molecule has 0 saturated carbocycles. The molecular formula is C18H17Cl2NO3S. The van der Waals surface area contributed by atoms with Crippen LogP contribution in [0.2, 0.25) is 10.0 Å². The molecule has 0 fully saturated rings. The second kappa shape index (κ2) is 9.13. The molecule has 7 heteroatoms. The fourth-order valence-electron chi connectivity index (χ4n) is 2.08. The molecule has 2 rings (SSSR count). The Balaban J connectivity index is 2.13. The Morgan fingerprint density at radius 3 is 2.44 bits per heavy atom. The molecule has 1 N–H and O–H groups in total. The average Bonchev–Trinajstić information content (AvgIpc) is 2.62. The fourth-order valence-corrected chi connectivity index (χ4v) is 3.32. The topological polar surface area (TPSA) is 55.4 Å². The number of halogens is 2. The molecule has 0 aliphatic carbocycles. The van der Waals surface area contributed by atoms with Gasteiger partial charge in [-0.2, -0.15) is 0 Å². The molecule has 25 heavy (non-hydrogen) atoms. The average molecular weight is 398 g/mol. The number of hydrogen-bond acceptors (Lipinski definition) is 4. The molecule has 132 valence electrons. The predicted molar refractivity (Wildman–Crippen MR) is 103 cm³/mol. The Bertz CT molecular complexity index is 765. The van der Waals surface area contributed by atoms with Gasteiger partial charge in [0.05, 0.1) is 28.6 Å². The Morgan fingerprint density at radius 1 is 1.16 bits per heavy atom. The van der Waals surface area contributed by atoms with Crippen molar-refractivity contribution in [3.05, 3.63) is 58.1 Å². The molecule has 0 heterocycles. The zero-order valence-corrected chi connectivity index (χ0v) is 16.0. The first-order chi connectivity index (χ1) is 11.9. The van der Waals surface area contributed by atoms with Crippen LogP contribution < -0.4 is 5.32 Å². The van der Waals surface area contributed by atoms with E-state index in [0.29, 0.717) is 27.7 Å². The van der Waals surface area contributed by atoms with E-state index in [2.05, 4.69) is 10.1 Å². The molecule has 1 atom stereocenters. The van der Waals surface area contributed by atoms with E-state index in [1.165, 1.54) is 24.9 Å². The molecule has 0 spiro atoms. The number of rotatable bonds is 6. The Hall–Kier alpha value is -1.69. The number of anilines is 1. The molecule has 0 unspecified atom stereocenters. The highest BCUT2D eigenvalue weighted by Crippen LogP contribution is 2.29. The molecule has 0 aliphatic heterocycles. The number of carbonyl (C=O) groups is 2. The van der Waals surface area contributed by atoms with Crippen molar-refractivity contribution in [2.75, 3.05) is 12.4 Å². The number of benzene rings is 2. The van der Waals surface area contributed by atoms with Crippen molar-refractivity contribution in [1.82, 2.24) is 0 Å². The minimum atomic E-state index is -0.491. The van der Waals surface area contributed by atoms with Gasteiger partial charge in [0.25, 0.3) is 0 Å². The Kier molecular flexibility index (Phi) is 7.17. The van der Waals surface area contributed by atoms with Crippen LogP contribution in [0.3, 0.4) is 0 Å². The van der Waals surface area contributed by atoms with Gasteiger partial charge in [-0.05, 0) is 48.9 Å². The van der Waals surface area contributed by atoms with Gasteiger partial charge in [-0.3, -0.25) is 4.79 Å². The lowest BCUT2D eigenvalue weighted by atomic mass is 10.2. The van der Waals surface area contributed by atoms with Crippen molar-refractivity contribution < 1.29 is 14.3 Å². The zero-order valence-electron chi connectivity index (χ0n) is 13.7. The normalized spacial score (nSPS) is 11.7. The molecule has 2 aromatic carbocycles. The van der Waals surface area contributed by atoms with Crippen molar-refractivity contribution >= 4 is 52.5 Å². The van der Waals surface area contributed by atoms with E-state index in [1.807, 2.05) is 19.1 Å². The van der Waals surface area contributed by atoms with Crippen LogP contribution in [0.25, 0.3) is 0 Å². The Labute approximate surface area is 160 Å². The summed E-state index contributed by atoms with van der Waals surface area (Å²) in [7, 11) is 1.30. The van der Waals surface area contributed by atoms with Gasteiger partial charge in [0.2, 0.25) is 5.91 Å². The SMILES string of the molecule is CC[C@@H](Sc1ccc(Cl)cc1)C(=O)Nc1cc(C(=O)OC)ccc1Cl. The molecule has 1 amide bonds. The molecule has 0 radical (unpaired) electrons. The molecule has 0 saturated heterocycles. The van der Waals surface area contributed by atoms with E-state index >= 15 is 0 Å². The number of carbonyl (C=O) groups excluding carboxylic acids is 2. The second-order valence-electron chi connectivity index (χ2n) is 5.14. The minimum Gasteiger partial charge on any atom is -0.465 e. The van der Waals surface area contributed by atoms with E-state index < -0.39 is 5.97 Å². The molecular weight excluding hydrogens is 381 g/mol. The van der Waals surface area contributed by atoms with Gasteiger partial charge in [0, 0.05) is 9.92 Å². The largest absolute Gasteiger partial charge is 0.465 e. The van der Waals surface area contributed by atoms with Crippen LogP contribution in [0.4, 0.5) is 5.69 Å². The quantitative estimate of drug-likeness (QED) is 0.531.